The van der Waals surface area contributed by atoms with Crippen molar-refractivity contribution >= 4 is 17.9 Å². The van der Waals surface area contributed by atoms with Crippen molar-refractivity contribution in [3.8, 4) is 0 Å². The molecule has 67 heavy (non-hydrogen) atoms. The van der Waals surface area contributed by atoms with E-state index in [1.807, 2.05) is 0 Å². The summed E-state index contributed by atoms with van der Waals surface area (Å²) in [7, 11) is 0. The summed E-state index contributed by atoms with van der Waals surface area (Å²) < 4.78 is 16.8. The van der Waals surface area contributed by atoms with Crippen LogP contribution in [0.2, 0.25) is 0 Å². The lowest BCUT2D eigenvalue weighted by Crippen LogP contribution is -2.30. The summed E-state index contributed by atoms with van der Waals surface area (Å²) in [5, 5.41) is 0. The van der Waals surface area contributed by atoms with Gasteiger partial charge in [0, 0.05) is 19.3 Å². The van der Waals surface area contributed by atoms with Crippen LogP contribution in [0.1, 0.15) is 316 Å². The van der Waals surface area contributed by atoms with Crippen LogP contribution < -0.4 is 0 Å². The van der Waals surface area contributed by atoms with E-state index < -0.39 is 6.10 Å². The Kier molecular flexibility index (Phi) is 54.2. The zero-order valence-corrected chi connectivity index (χ0v) is 44.9. The number of carbonyl (C=O) groups excluding carboxylic acids is 3. The van der Waals surface area contributed by atoms with E-state index in [0.29, 0.717) is 25.7 Å². The Morgan fingerprint density at radius 1 is 0.299 bits per heavy atom. The number of unbranched alkanes of at least 4 members (excludes halogenated alkanes) is 37. The number of esters is 3. The summed E-state index contributed by atoms with van der Waals surface area (Å²) in [6.07, 6.45) is 67.2. The molecule has 0 aromatic rings. The largest absolute Gasteiger partial charge is 0.462 e. The first kappa shape index (κ1) is 64.6. The van der Waals surface area contributed by atoms with Crippen molar-refractivity contribution in [3.05, 3.63) is 36.5 Å². The number of hydrogen-bond donors (Lipinski definition) is 0. The van der Waals surface area contributed by atoms with Gasteiger partial charge < -0.3 is 14.2 Å². The average Bonchev–Trinajstić information content (AvgIpc) is 3.33. The molecule has 0 aromatic heterocycles. The topological polar surface area (TPSA) is 78.9 Å². The maximum absolute atomic E-state index is 12.9. The lowest BCUT2D eigenvalue weighted by molar-refractivity contribution is -0.167. The summed E-state index contributed by atoms with van der Waals surface area (Å²) in [5.74, 6) is -0.918. The third-order valence-electron chi connectivity index (χ3n) is 13.1. The molecular weight excluding hydrogens is 829 g/mol. The third-order valence-corrected chi connectivity index (χ3v) is 13.1. The van der Waals surface area contributed by atoms with Crippen molar-refractivity contribution in [1.82, 2.24) is 0 Å². The summed E-state index contributed by atoms with van der Waals surface area (Å²) >= 11 is 0. The number of hydrogen-bond acceptors (Lipinski definition) is 6. The van der Waals surface area contributed by atoms with E-state index in [-0.39, 0.29) is 31.1 Å². The first-order valence-electron chi connectivity index (χ1n) is 29.5. The fourth-order valence-corrected chi connectivity index (χ4v) is 8.70. The quantitative estimate of drug-likeness (QED) is 0.0262. The molecule has 1 atom stereocenters. The van der Waals surface area contributed by atoms with E-state index in [1.54, 1.807) is 0 Å². The van der Waals surface area contributed by atoms with E-state index in [1.165, 1.54) is 212 Å². The van der Waals surface area contributed by atoms with Crippen LogP contribution in [0, 0.1) is 0 Å². The predicted molar refractivity (Wildman–Crippen MR) is 289 cm³/mol. The number of rotatable bonds is 54. The lowest BCUT2D eigenvalue weighted by atomic mass is 10.0. The van der Waals surface area contributed by atoms with Crippen LogP contribution in [0.5, 0.6) is 0 Å². The normalized spacial score (nSPS) is 12.2. The molecule has 0 amide bonds. The van der Waals surface area contributed by atoms with Crippen LogP contribution in [0.4, 0.5) is 0 Å². The van der Waals surface area contributed by atoms with E-state index >= 15 is 0 Å². The summed E-state index contributed by atoms with van der Waals surface area (Å²) in [6, 6.07) is 0. The van der Waals surface area contributed by atoms with Gasteiger partial charge in [0.1, 0.15) is 13.2 Å². The third kappa shape index (κ3) is 54.4. The van der Waals surface area contributed by atoms with Gasteiger partial charge in [-0.25, -0.2) is 0 Å². The van der Waals surface area contributed by atoms with E-state index in [0.717, 1.165) is 57.8 Å². The molecule has 6 nitrogen and oxygen atoms in total. The molecule has 0 aliphatic carbocycles. The van der Waals surface area contributed by atoms with Gasteiger partial charge in [0.25, 0.3) is 0 Å². The van der Waals surface area contributed by atoms with Gasteiger partial charge in [-0.05, 0) is 51.4 Å². The molecule has 0 saturated carbocycles. The van der Waals surface area contributed by atoms with Gasteiger partial charge in [-0.3, -0.25) is 14.4 Å². The van der Waals surface area contributed by atoms with Crippen LogP contribution in [0.15, 0.2) is 36.5 Å². The predicted octanol–water partition coefficient (Wildman–Crippen LogP) is 19.7. The Balaban J connectivity index is 4.38. The summed E-state index contributed by atoms with van der Waals surface area (Å²) in [4.78, 5) is 38.1. The molecule has 0 fully saturated rings. The molecule has 392 valence electrons. The van der Waals surface area contributed by atoms with Gasteiger partial charge in [-0.2, -0.15) is 0 Å². The highest BCUT2D eigenvalue weighted by atomic mass is 16.6. The Morgan fingerprint density at radius 3 is 0.896 bits per heavy atom. The van der Waals surface area contributed by atoms with Crippen LogP contribution >= 0.6 is 0 Å². The second-order valence-electron chi connectivity index (χ2n) is 19.9. The zero-order chi connectivity index (χ0) is 48.6. The highest BCUT2D eigenvalue weighted by Gasteiger charge is 2.19. The Bertz CT molecular complexity index is 1130. The minimum absolute atomic E-state index is 0.0827. The molecule has 0 aliphatic heterocycles. The number of ether oxygens (including phenoxy) is 3. The second kappa shape index (κ2) is 56.2. The van der Waals surface area contributed by atoms with Gasteiger partial charge in [0.2, 0.25) is 0 Å². The maximum atomic E-state index is 12.9. The van der Waals surface area contributed by atoms with Crippen LogP contribution in [-0.4, -0.2) is 37.2 Å². The highest BCUT2D eigenvalue weighted by molar-refractivity contribution is 5.71. The van der Waals surface area contributed by atoms with Crippen LogP contribution in [0.25, 0.3) is 0 Å². The maximum Gasteiger partial charge on any atom is 0.306 e. The van der Waals surface area contributed by atoms with Crippen molar-refractivity contribution in [2.75, 3.05) is 13.2 Å². The Hall–Kier alpha value is -2.37. The van der Waals surface area contributed by atoms with Crippen molar-refractivity contribution < 1.29 is 28.6 Å². The molecule has 0 radical (unpaired) electrons. The fraction of sp³-hybridized carbons (Fsp3) is 0.852. The monoisotopic (exact) mass is 941 g/mol. The summed E-state index contributed by atoms with van der Waals surface area (Å²) in [6.45, 7) is 6.64. The van der Waals surface area contributed by atoms with Crippen molar-refractivity contribution in [2.45, 2.75) is 322 Å². The molecule has 0 aliphatic rings. The zero-order valence-electron chi connectivity index (χ0n) is 44.9. The molecule has 6 heteroatoms. The molecule has 0 unspecified atom stereocenters. The van der Waals surface area contributed by atoms with Gasteiger partial charge in [-0.1, -0.05) is 282 Å². The first-order valence-corrected chi connectivity index (χ1v) is 29.5. The van der Waals surface area contributed by atoms with Crippen molar-refractivity contribution in [1.29, 1.82) is 0 Å². The Labute approximate surface area is 416 Å². The first-order chi connectivity index (χ1) is 33.0. The molecule has 0 saturated heterocycles. The minimum atomic E-state index is -0.788. The van der Waals surface area contributed by atoms with Crippen LogP contribution in [0.3, 0.4) is 0 Å². The smallest absolute Gasteiger partial charge is 0.306 e. The molecule has 0 aromatic carbocycles. The van der Waals surface area contributed by atoms with E-state index in [9.17, 15) is 14.4 Å². The fourth-order valence-electron chi connectivity index (χ4n) is 8.70. The molecule has 0 rings (SSSR count). The van der Waals surface area contributed by atoms with Crippen molar-refractivity contribution in [2.24, 2.45) is 0 Å². The van der Waals surface area contributed by atoms with Gasteiger partial charge in [-0.15, -0.1) is 0 Å². The molecule has 0 spiro atoms. The van der Waals surface area contributed by atoms with E-state index in [4.69, 9.17) is 14.2 Å². The molecular formula is C61H112O6. The van der Waals surface area contributed by atoms with Gasteiger partial charge in [0.05, 0.1) is 0 Å². The molecule has 0 heterocycles. The van der Waals surface area contributed by atoms with Gasteiger partial charge >= 0.3 is 17.9 Å². The van der Waals surface area contributed by atoms with Crippen LogP contribution in [-0.2, 0) is 28.6 Å². The molecule has 0 bridgehead atoms. The summed E-state index contributed by atoms with van der Waals surface area (Å²) in [5.41, 5.74) is 0. The minimum Gasteiger partial charge on any atom is -0.462 e. The van der Waals surface area contributed by atoms with E-state index in [2.05, 4.69) is 57.2 Å². The molecule has 0 N–H and O–H groups in total. The van der Waals surface area contributed by atoms with Crippen molar-refractivity contribution in [3.63, 3.8) is 0 Å². The lowest BCUT2D eigenvalue weighted by Gasteiger charge is -2.18. The number of allylic oxidation sites excluding steroid dienone is 6. The SMILES string of the molecule is CCCCCCCC/C=C\C/C=C\C/C=C\CCCC(=O)OC[C@H](COC(=O)CCCCCCCCCCCCCCC)OC(=O)CCCCCCCCCCCCCCCCCCCCC. The number of carbonyl (C=O) groups is 3. The van der Waals surface area contributed by atoms with Gasteiger partial charge in [0.15, 0.2) is 6.10 Å². The Morgan fingerprint density at radius 2 is 0.552 bits per heavy atom. The standard InChI is InChI=1S/C61H112O6/c1-4-7-10-13-16-19-22-25-27-29-30-32-34-37-40-43-46-49-52-55-61(64)67-58(56-65-59(62)53-50-47-44-41-38-35-24-21-18-15-12-9-6-3)57-66-60(63)54-51-48-45-42-39-36-33-31-28-26-23-20-17-14-11-8-5-2/h26,28,33,36,42,45,58H,4-25,27,29-32,34-35,37-41,43-44,46-57H2,1-3H3/b28-26-,36-33-,45-42-/t58-/m0/s1. The highest BCUT2D eigenvalue weighted by Crippen LogP contribution is 2.17. The average molecular weight is 942 g/mol. The second-order valence-corrected chi connectivity index (χ2v) is 19.9.